The summed E-state index contributed by atoms with van der Waals surface area (Å²) in [5.41, 5.74) is 1.80. The summed E-state index contributed by atoms with van der Waals surface area (Å²) in [4.78, 5) is 16.5. The highest BCUT2D eigenvalue weighted by molar-refractivity contribution is 7.89. The van der Waals surface area contributed by atoms with Crippen LogP contribution in [0, 0.1) is 0 Å². The molecule has 4 rings (SSSR count). The van der Waals surface area contributed by atoms with E-state index >= 15 is 0 Å². The predicted octanol–water partition coefficient (Wildman–Crippen LogP) is 2.38. The summed E-state index contributed by atoms with van der Waals surface area (Å²) in [7, 11) is -3.88. The molecule has 0 spiro atoms. The van der Waals surface area contributed by atoms with E-state index in [2.05, 4.69) is 10.3 Å². The summed E-state index contributed by atoms with van der Waals surface area (Å²) in [6.07, 6.45) is 1.56. The van der Waals surface area contributed by atoms with Gasteiger partial charge in [-0.1, -0.05) is 36.4 Å². The van der Waals surface area contributed by atoms with E-state index in [1.807, 2.05) is 24.3 Å². The first-order chi connectivity index (χ1) is 12.1. The van der Waals surface area contributed by atoms with Gasteiger partial charge in [0.25, 0.3) is 0 Å². The van der Waals surface area contributed by atoms with Crippen molar-refractivity contribution < 1.29 is 13.2 Å². The van der Waals surface area contributed by atoms with Gasteiger partial charge in [0.2, 0.25) is 15.9 Å². The summed E-state index contributed by atoms with van der Waals surface area (Å²) in [5.74, 6) is -0.360. The van der Waals surface area contributed by atoms with Crippen molar-refractivity contribution in [2.24, 2.45) is 0 Å². The highest BCUT2D eigenvalue weighted by Crippen LogP contribution is 2.28. The van der Waals surface area contributed by atoms with Crippen LogP contribution in [0.4, 0.5) is 5.69 Å². The van der Waals surface area contributed by atoms with Crippen molar-refractivity contribution in [1.29, 1.82) is 0 Å². The number of carbonyl (C=O) groups excluding carboxylic acids is 1. The largest absolute Gasteiger partial charge is 0.325 e. The number of sulfonamides is 1. The molecule has 7 heteroatoms. The number of rotatable bonds is 2. The average Bonchev–Trinajstić information content (AvgIpc) is 2.79. The number of nitrogens with one attached hydrogen (secondary N) is 1. The van der Waals surface area contributed by atoms with Gasteiger partial charge in [0.05, 0.1) is 12.1 Å². The zero-order valence-corrected chi connectivity index (χ0v) is 14.0. The Balaban J connectivity index is 1.83. The standard InChI is InChI=1S/C18H15N3O3S/c22-17-12-21(11-14-5-1-2-8-15(14)20-17)25(23,24)16-9-3-6-13-7-4-10-19-18(13)16/h1-10H,11-12H2,(H,20,22). The van der Waals surface area contributed by atoms with Crippen LogP contribution in [0.5, 0.6) is 0 Å². The lowest BCUT2D eigenvalue weighted by Crippen LogP contribution is -2.35. The third-order valence-electron chi connectivity index (χ3n) is 4.17. The van der Waals surface area contributed by atoms with Gasteiger partial charge in [-0.25, -0.2) is 8.42 Å². The molecule has 1 aliphatic rings. The van der Waals surface area contributed by atoms with E-state index in [-0.39, 0.29) is 23.9 Å². The van der Waals surface area contributed by atoms with Gasteiger partial charge in [-0.05, 0) is 23.8 Å². The van der Waals surface area contributed by atoms with Gasteiger partial charge in [0.15, 0.2) is 0 Å². The molecule has 1 amide bonds. The van der Waals surface area contributed by atoms with E-state index < -0.39 is 10.0 Å². The smallest absolute Gasteiger partial charge is 0.246 e. The van der Waals surface area contributed by atoms with E-state index in [1.165, 1.54) is 10.4 Å². The van der Waals surface area contributed by atoms with Crippen LogP contribution in [0.1, 0.15) is 5.56 Å². The molecule has 25 heavy (non-hydrogen) atoms. The Morgan fingerprint density at radius 2 is 1.76 bits per heavy atom. The van der Waals surface area contributed by atoms with Gasteiger partial charge in [-0.15, -0.1) is 0 Å². The van der Waals surface area contributed by atoms with E-state index in [4.69, 9.17) is 0 Å². The minimum atomic E-state index is -3.88. The molecule has 0 saturated heterocycles. The lowest BCUT2D eigenvalue weighted by molar-refractivity contribution is -0.116. The number of anilines is 1. The van der Waals surface area contributed by atoms with Gasteiger partial charge in [-0.2, -0.15) is 4.31 Å². The maximum Gasteiger partial charge on any atom is 0.246 e. The van der Waals surface area contributed by atoms with Gasteiger partial charge < -0.3 is 5.32 Å². The molecule has 2 heterocycles. The molecular weight excluding hydrogens is 338 g/mol. The Morgan fingerprint density at radius 1 is 0.960 bits per heavy atom. The molecule has 0 bridgehead atoms. The SMILES string of the molecule is O=C1CN(S(=O)(=O)c2cccc3cccnc23)Cc2ccccc2N1. The molecule has 0 fully saturated rings. The maximum absolute atomic E-state index is 13.2. The second-order valence-electron chi connectivity index (χ2n) is 5.81. The fourth-order valence-electron chi connectivity index (χ4n) is 2.97. The van der Waals surface area contributed by atoms with Crippen molar-refractivity contribution in [3.63, 3.8) is 0 Å². The third kappa shape index (κ3) is 2.77. The van der Waals surface area contributed by atoms with Crippen LogP contribution in [0.2, 0.25) is 0 Å². The number of aromatic nitrogens is 1. The second kappa shape index (κ2) is 5.94. The molecule has 3 aromatic rings. The van der Waals surface area contributed by atoms with Crippen molar-refractivity contribution in [3.05, 3.63) is 66.4 Å². The van der Waals surface area contributed by atoms with Crippen molar-refractivity contribution in [2.75, 3.05) is 11.9 Å². The van der Waals surface area contributed by atoms with E-state index in [9.17, 15) is 13.2 Å². The van der Waals surface area contributed by atoms with E-state index in [0.717, 1.165) is 10.9 Å². The molecule has 1 N–H and O–H groups in total. The number of carbonyl (C=O) groups is 1. The maximum atomic E-state index is 13.2. The molecule has 126 valence electrons. The topological polar surface area (TPSA) is 79.4 Å². The van der Waals surface area contributed by atoms with E-state index in [1.54, 1.807) is 30.5 Å². The number of benzene rings is 2. The van der Waals surface area contributed by atoms with Crippen LogP contribution in [-0.2, 0) is 21.4 Å². The predicted molar refractivity (Wildman–Crippen MR) is 94.4 cm³/mol. The van der Waals surface area contributed by atoms with Gasteiger partial charge in [0, 0.05) is 23.8 Å². The number of nitrogens with zero attached hydrogens (tertiary/aromatic N) is 2. The molecule has 1 aliphatic heterocycles. The van der Waals surface area contributed by atoms with Gasteiger partial charge in [0.1, 0.15) is 4.90 Å². The summed E-state index contributed by atoms with van der Waals surface area (Å²) >= 11 is 0. The first-order valence-electron chi connectivity index (χ1n) is 7.77. The summed E-state index contributed by atoms with van der Waals surface area (Å²) in [6.45, 7) is -0.110. The number of para-hydroxylation sites is 2. The van der Waals surface area contributed by atoms with Crippen LogP contribution in [0.25, 0.3) is 10.9 Å². The molecule has 0 unspecified atom stereocenters. The third-order valence-corrected chi connectivity index (χ3v) is 5.99. The summed E-state index contributed by atoms with van der Waals surface area (Å²) in [6, 6.07) is 15.8. The van der Waals surface area contributed by atoms with E-state index in [0.29, 0.717) is 11.2 Å². The van der Waals surface area contributed by atoms with Gasteiger partial charge in [-0.3, -0.25) is 9.78 Å². The number of amides is 1. The molecule has 0 radical (unpaired) electrons. The Bertz CT molecular complexity index is 1070. The Kier molecular flexibility index (Phi) is 3.74. The monoisotopic (exact) mass is 353 g/mol. The highest BCUT2D eigenvalue weighted by Gasteiger charge is 2.31. The van der Waals surface area contributed by atoms with Crippen molar-refractivity contribution in [1.82, 2.24) is 9.29 Å². The normalized spacial score (nSPS) is 15.4. The zero-order valence-electron chi connectivity index (χ0n) is 13.2. The van der Waals surface area contributed by atoms with Crippen molar-refractivity contribution in [3.8, 4) is 0 Å². The van der Waals surface area contributed by atoms with Crippen molar-refractivity contribution in [2.45, 2.75) is 11.4 Å². The number of fused-ring (bicyclic) bond motifs is 2. The molecule has 1 aromatic heterocycles. The summed E-state index contributed by atoms with van der Waals surface area (Å²) < 4.78 is 27.6. The fourth-order valence-corrected chi connectivity index (χ4v) is 4.51. The first-order valence-corrected chi connectivity index (χ1v) is 9.21. The zero-order chi connectivity index (χ0) is 17.4. The number of hydrogen-bond acceptors (Lipinski definition) is 4. The molecule has 0 saturated carbocycles. The highest BCUT2D eigenvalue weighted by atomic mass is 32.2. The molecule has 0 aliphatic carbocycles. The quantitative estimate of drug-likeness (QED) is 0.767. The lowest BCUT2D eigenvalue weighted by Gasteiger charge is -2.20. The van der Waals surface area contributed by atoms with Crippen LogP contribution in [0.15, 0.2) is 65.7 Å². The molecule has 0 atom stereocenters. The molecule has 2 aromatic carbocycles. The number of hydrogen-bond donors (Lipinski definition) is 1. The minimum Gasteiger partial charge on any atom is -0.325 e. The minimum absolute atomic E-state index is 0.109. The van der Waals surface area contributed by atoms with Gasteiger partial charge >= 0.3 is 0 Å². The first kappa shape index (κ1) is 15.7. The molecular formula is C18H15N3O3S. The van der Waals surface area contributed by atoms with Crippen LogP contribution in [0.3, 0.4) is 0 Å². The molecule has 6 nitrogen and oxygen atoms in total. The van der Waals surface area contributed by atoms with Crippen LogP contribution in [-0.4, -0.2) is 30.2 Å². The van der Waals surface area contributed by atoms with Crippen molar-refractivity contribution >= 4 is 32.5 Å². The second-order valence-corrected chi connectivity index (χ2v) is 7.72. The fraction of sp³-hybridized carbons (Fsp3) is 0.111. The number of pyridine rings is 1. The van der Waals surface area contributed by atoms with Crippen LogP contribution < -0.4 is 5.32 Å². The lowest BCUT2D eigenvalue weighted by atomic mass is 10.2. The Labute approximate surface area is 145 Å². The average molecular weight is 353 g/mol. The Hall–Kier alpha value is -2.77. The summed E-state index contributed by atoms with van der Waals surface area (Å²) in [5, 5.41) is 3.49. The van der Waals surface area contributed by atoms with Crippen LogP contribution >= 0.6 is 0 Å². The Morgan fingerprint density at radius 3 is 2.64 bits per heavy atom.